The van der Waals surface area contributed by atoms with Crippen LogP contribution >= 0.6 is 0 Å². The molecule has 0 saturated carbocycles. The molecule has 0 aliphatic carbocycles. The van der Waals surface area contributed by atoms with Crippen LogP contribution in [0.3, 0.4) is 0 Å². The predicted molar refractivity (Wildman–Crippen MR) is 125 cm³/mol. The van der Waals surface area contributed by atoms with E-state index in [1.54, 1.807) is 0 Å². The van der Waals surface area contributed by atoms with Crippen molar-refractivity contribution in [2.75, 3.05) is 47.9 Å². The second-order valence-corrected chi connectivity index (χ2v) is 8.11. The molecule has 2 aromatic rings. The van der Waals surface area contributed by atoms with E-state index >= 15 is 0 Å². The number of nitriles is 2. The molecule has 1 aromatic heterocycles. The minimum absolute atomic E-state index is 0.0316. The largest absolute Gasteiger partial charge is 0.397 e. The number of guanidine groups is 1. The Bertz CT molecular complexity index is 1120. The van der Waals surface area contributed by atoms with Crippen molar-refractivity contribution in [3.05, 3.63) is 41.0 Å². The summed E-state index contributed by atoms with van der Waals surface area (Å²) in [5.41, 5.74) is 15.1. The van der Waals surface area contributed by atoms with E-state index in [0.29, 0.717) is 17.4 Å². The highest BCUT2D eigenvalue weighted by Gasteiger charge is 2.30. The summed E-state index contributed by atoms with van der Waals surface area (Å²) in [6.07, 6.45) is 1.86. The van der Waals surface area contributed by atoms with E-state index in [1.807, 2.05) is 24.4 Å². The number of nitrogens with two attached hydrogens (primary N) is 2. The lowest BCUT2D eigenvalue weighted by Gasteiger charge is -2.38. The molecule has 1 atom stereocenters. The zero-order valence-electron chi connectivity index (χ0n) is 18.1. The van der Waals surface area contributed by atoms with E-state index in [1.165, 1.54) is 0 Å². The van der Waals surface area contributed by atoms with Crippen LogP contribution in [0, 0.1) is 22.8 Å². The monoisotopic (exact) mass is 430 g/mol. The number of piperazine rings is 1. The zero-order valence-corrected chi connectivity index (χ0v) is 18.1. The van der Waals surface area contributed by atoms with Crippen LogP contribution in [0.4, 0.5) is 23.0 Å². The standard InChI is InChI=1S/C22H26N10/c1-13(2)31-7-9-32(10-8-31)15-5-3-14(4-6-15)19-17-18(25)16(11-23)20(26)29-21(17)30-22(28-19)27-12-24/h3-6,13,19H,7-10H2,1-2H3,(H6,25,26,27,28,29,30). The fraction of sp³-hybridized carbons (Fsp3) is 0.364. The van der Waals surface area contributed by atoms with Gasteiger partial charge in [-0.1, -0.05) is 12.1 Å². The minimum atomic E-state index is -0.533. The second kappa shape index (κ2) is 8.61. The van der Waals surface area contributed by atoms with Crippen molar-refractivity contribution in [2.45, 2.75) is 25.9 Å². The average Bonchev–Trinajstić information content (AvgIpc) is 2.79. The number of rotatable bonds is 3. The number of nitrogen functional groups attached to an aromatic ring is 2. The number of nitrogens with one attached hydrogen (secondary N) is 2. The van der Waals surface area contributed by atoms with E-state index in [-0.39, 0.29) is 23.0 Å². The van der Waals surface area contributed by atoms with Crippen molar-refractivity contribution >= 4 is 29.0 Å². The predicted octanol–water partition coefficient (Wildman–Crippen LogP) is 1.59. The van der Waals surface area contributed by atoms with Crippen molar-refractivity contribution in [3.63, 3.8) is 0 Å². The number of hydrogen-bond acceptors (Lipinski definition) is 10. The molecule has 1 aromatic carbocycles. The van der Waals surface area contributed by atoms with Crippen molar-refractivity contribution in [2.24, 2.45) is 4.99 Å². The summed E-state index contributed by atoms with van der Waals surface area (Å²) in [6.45, 7) is 8.48. The van der Waals surface area contributed by atoms with Crippen molar-refractivity contribution in [1.29, 1.82) is 10.5 Å². The first kappa shape index (κ1) is 21.2. The lowest BCUT2D eigenvalue weighted by Crippen LogP contribution is -2.48. The minimum Gasteiger partial charge on any atom is -0.397 e. The SMILES string of the molecule is CC(C)N1CCN(c2ccc(C3N=C(NC#N)Nc4nc(N)c(C#N)c(N)c43)cc2)CC1. The van der Waals surface area contributed by atoms with E-state index in [0.717, 1.165) is 37.4 Å². The van der Waals surface area contributed by atoms with Crippen LogP contribution in [-0.2, 0) is 0 Å². The van der Waals surface area contributed by atoms with Gasteiger partial charge in [0.05, 0.1) is 5.69 Å². The Labute approximate surface area is 187 Å². The molecule has 10 nitrogen and oxygen atoms in total. The number of aliphatic imine (C=N–C) groups is 1. The highest BCUT2D eigenvalue weighted by Crippen LogP contribution is 2.40. The summed E-state index contributed by atoms with van der Waals surface area (Å²) >= 11 is 0. The third-order valence-electron chi connectivity index (χ3n) is 5.98. The number of hydrogen-bond donors (Lipinski definition) is 4. The maximum atomic E-state index is 9.46. The fourth-order valence-electron chi connectivity index (χ4n) is 4.19. The Morgan fingerprint density at radius 1 is 1.12 bits per heavy atom. The topological polar surface area (TPSA) is 155 Å². The Balaban J connectivity index is 1.66. The molecule has 4 rings (SSSR count). The van der Waals surface area contributed by atoms with E-state index in [2.05, 4.69) is 56.4 Å². The maximum Gasteiger partial charge on any atom is 0.211 e. The van der Waals surface area contributed by atoms with Gasteiger partial charge in [0.15, 0.2) is 6.19 Å². The molecular formula is C22H26N10. The maximum absolute atomic E-state index is 9.46. The van der Waals surface area contributed by atoms with Gasteiger partial charge < -0.3 is 21.7 Å². The van der Waals surface area contributed by atoms with Crippen molar-refractivity contribution in [3.8, 4) is 12.3 Å². The zero-order chi connectivity index (χ0) is 22.8. The highest BCUT2D eigenvalue weighted by atomic mass is 15.3. The summed E-state index contributed by atoms with van der Waals surface area (Å²) in [4.78, 5) is 13.7. The molecule has 2 aliphatic rings. The second-order valence-electron chi connectivity index (χ2n) is 8.11. The van der Waals surface area contributed by atoms with Gasteiger partial charge in [-0.2, -0.15) is 10.5 Å². The van der Waals surface area contributed by atoms with E-state index in [4.69, 9.17) is 16.7 Å². The first-order chi connectivity index (χ1) is 15.4. The van der Waals surface area contributed by atoms with Crippen LogP contribution in [0.15, 0.2) is 29.3 Å². The van der Waals surface area contributed by atoms with Gasteiger partial charge in [0.1, 0.15) is 29.3 Å². The van der Waals surface area contributed by atoms with Gasteiger partial charge in [-0.15, -0.1) is 0 Å². The molecule has 164 valence electrons. The molecule has 32 heavy (non-hydrogen) atoms. The van der Waals surface area contributed by atoms with Crippen LogP contribution in [0.2, 0.25) is 0 Å². The molecule has 0 amide bonds. The van der Waals surface area contributed by atoms with Crippen LogP contribution in [-0.4, -0.2) is 48.1 Å². The number of anilines is 4. The van der Waals surface area contributed by atoms with Gasteiger partial charge in [-0.05, 0) is 31.5 Å². The summed E-state index contributed by atoms with van der Waals surface area (Å²) in [5, 5.41) is 23.9. The number of pyridine rings is 1. The molecule has 3 heterocycles. The first-order valence-electron chi connectivity index (χ1n) is 10.5. The summed E-state index contributed by atoms with van der Waals surface area (Å²) in [5.74, 6) is 0.657. The van der Waals surface area contributed by atoms with Gasteiger partial charge in [0.25, 0.3) is 0 Å². The quantitative estimate of drug-likeness (QED) is 0.419. The summed E-state index contributed by atoms with van der Waals surface area (Å²) in [6, 6.07) is 10.2. The molecule has 0 spiro atoms. The number of nitrogens with zero attached hydrogens (tertiary/aromatic N) is 6. The summed E-state index contributed by atoms with van der Waals surface area (Å²) in [7, 11) is 0. The number of aromatic nitrogens is 1. The Morgan fingerprint density at radius 2 is 1.81 bits per heavy atom. The fourth-order valence-corrected chi connectivity index (χ4v) is 4.19. The smallest absolute Gasteiger partial charge is 0.211 e. The van der Waals surface area contributed by atoms with Gasteiger partial charge >= 0.3 is 0 Å². The van der Waals surface area contributed by atoms with Gasteiger partial charge in [-0.25, -0.2) is 9.98 Å². The van der Waals surface area contributed by atoms with Gasteiger partial charge in [0, 0.05) is 43.5 Å². The van der Waals surface area contributed by atoms with E-state index in [9.17, 15) is 5.26 Å². The lowest BCUT2D eigenvalue weighted by atomic mass is 9.95. The normalized spacial score (nSPS) is 18.2. The van der Waals surface area contributed by atoms with Crippen molar-refractivity contribution < 1.29 is 0 Å². The number of benzene rings is 1. The molecule has 1 fully saturated rings. The lowest BCUT2D eigenvalue weighted by molar-refractivity contribution is 0.209. The highest BCUT2D eigenvalue weighted by molar-refractivity contribution is 5.98. The van der Waals surface area contributed by atoms with Crippen LogP contribution < -0.4 is 27.0 Å². The van der Waals surface area contributed by atoms with Crippen LogP contribution in [0.5, 0.6) is 0 Å². The molecule has 10 heteroatoms. The Kier molecular flexibility index (Phi) is 5.71. The molecule has 1 unspecified atom stereocenters. The third kappa shape index (κ3) is 3.84. The molecule has 6 N–H and O–H groups in total. The average molecular weight is 431 g/mol. The molecule has 1 saturated heterocycles. The van der Waals surface area contributed by atoms with Crippen LogP contribution in [0.25, 0.3) is 0 Å². The summed E-state index contributed by atoms with van der Waals surface area (Å²) < 4.78 is 0. The Hall–Kier alpha value is -4.02. The molecular weight excluding hydrogens is 404 g/mol. The number of fused-ring (bicyclic) bond motifs is 1. The van der Waals surface area contributed by atoms with Gasteiger partial charge in [0.2, 0.25) is 5.96 Å². The Morgan fingerprint density at radius 3 is 2.41 bits per heavy atom. The van der Waals surface area contributed by atoms with Gasteiger partial charge in [-0.3, -0.25) is 10.2 Å². The third-order valence-corrected chi connectivity index (χ3v) is 5.98. The van der Waals surface area contributed by atoms with Crippen molar-refractivity contribution in [1.82, 2.24) is 15.2 Å². The molecule has 2 aliphatic heterocycles. The molecule has 0 radical (unpaired) electrons. The van der Waals surface area contributed by atoms with Crippen LogP contribution in [0.1, 0.15) is 36.6 Å². The molecule has 0 bridgehead atoms. The first-order valence-corrected chi connectivity index (χ1v) is 10.5. The van der Waals surface area contributed by atoms with E-state index < -0.39 is 6.04 Å².